The van der Waals surface area contributed by atoms with Crippen molar-refractivity contribution in [3.05, 3.63) is 55.2 Å². The molecular formula is C12H8BrNO5S. The van der Waals surface area contributed by atoms with Crippen molar-refractivity contribution in [1.82, 2.24) is 0 Å². The van der Waals surface area contributed by atoms with Gasteiger partial charge in [0.2, 0.25) is 0 Å². The number of non-ortho nitro benzene ring substituents is 1. The molecule has 0 aliphatic carbocycles. The Labute approximate surface area is 126 Å². The first-order chi connectivity index (χ1) is 9.56. The number of nitrogens with zero attached hydrogens (tertiary/aromatic N) is 1. The number of nitro groups is 1. The van der Waals surface area contributed by atoms with Crippen LogP contribution in [-0.2, 0) is 11.3 Å². The summed E-state index contributed by atoms with van der Waals surface area (Å²) < 4.78 is 10.7. The van der Waals surface area contributed by atoms with E-state index in [1.165, 1.54) is 35.6 Å². The number of nitro benzene ring substituents is 1. The summed E-state index contributed by atoms with van der Waals surface area (Å²) in [6, 6.07) is 6.99. The molecule has 1 aromatic carbocycles. The second-order valence-corrected chi connectivity index (χ2v) is 5.85. The Morgan fingerprint density at radius 3 is 2.55 bits per heavy atom. The molecule has 0 radical (unpaired) electrons. The number of benzene rings is 1. The van der Waals surface area contributed by atoms with E-state index in [1.807, 2.05) is 11.4 Å². The van der Waals surface area contributed by atoms with Crippen molar-refractivity contribution >= 4 is 39.1 Å². The smallest absolute Gasteiger partial charge is 0.429 e. The van der Waals surface area contributed by atoms with E-state index in [0.29, 0.717) is 0 Å². The fraction of sp³-hybridized carbons (Fsp3) is 0.0833. The molecule has 6 nitrogen and oxygen atoms in total. The molecule has 0 aliphatic rings. The van der Waals surface area contributed by atoms with Crippen LogP contribution in [0.25, 0.3) is 0 Å². The monoisotopic (exact) mass is 357 g/mol. The number of carbonyl (C=O) groups is 1. The zero-order valence-corrected chi connectivity index (χ0v) is 12.3. The lowest BCUT2D eigenvalue weighted by Crippen LogP contribution is -2.10. The van der Waals surface area contributed by atoms with Crippen LogP contribution in [0.5, 0.6) is 5.75 Å². The summed E-state index contributed by atoms with van der Waals surface area (Å²) in [5, 5.41) is 12.3. The van der Waals surface area contributed by atoms with Gasteiger partial charge in [0.25, 0.3) is 5.69 Å². The van der Waals surface area contributed by atoms with Crippen LogP contribution in [-0.4, -0.2) is 11.1 Å². The Morgan fingerprint density at radius 2 is 2.00 bits per heavy atom. The van der Waals surface area contributed by atoms with Crippen LogP contribution in [0.2, 0.25) is 0 Å². The lowest BCUT2D eigenvalue weighted by Gasteiger charge is -2.05. The van der Waals surface area contributed by atoms with Gasteiger partial charge in [-0.15, -0.1) is 11.3 Å². The number of carbonyl (C=O) groups excluding carboxylic acids is 1. The van der Waals surface area contributed by atoms with E-state index in [0.717, 1.165) is 9.35 Å². The average molecular weight is 358 g/mol. The molecule has 0 fully saturated rings. The SMILES string of the molecule is O=C(OCc1ccsc1Br)Oc1ccc([N+](=O)[O-])cc1. The van der Waals surface area contributed by atoms with E-state index in [1.54, 1.807) is 0 Å². The van der Waals surface area contributed by atoms with Gasteiger partial charge in [-0.25, -0.2) is 4.79 Å². The summed E-state index contributed by atoms with van der Waals surface area (Å²) in [6.07, 6.45) is -0.864. The van der Waals surface area contributed by atoms with Gasteiger partial charge in [-0.1, -0.05) is 0 Å². The normalized spacial score (nSPS) is 10.1. The second kappa shape index (κ2) is 6.49. The van der Waals surface area contributed by atoms with Gasteiger partial charge in [0.05, 0.1) is 8.71 Å². The Morgan fingerprint density at radius 1 is 1.30 bits per heavy atom. The molecule has 0 atom stereocenters. The summed E-state index contributed by atoms with van der Waals surface area (Å²) in [5.41, 5.74) is 0.767. The van der Waals surface area contributed by atoms with E-state index in [-0.39, 0.29) is 18.0 Å². The van der Waals surface area contributed by atoms with Crippen LogP contribution in [0.3, 0.4) is 0 Å². The molecule has 0 aliphatic heterocycles. The molecule has 1 heterocycles. The second-order valence-electron chi connectivity index (χ2n) is 3.61. The molecule has 0 N–H and O–H groups in total. The van der Waals surface area contributed by atoms with Crippen molar-refractivity contribution in [3.8, 4) is 5.75 Å². The van der Waals surface area contributed by atoms with Crippen LogP contribution in [0.15, 0.2) is 39.5 Å². The minimum Gasteiger partial charge on any atom is -0.429 e. The summed E-state index contributed by atoms with van der Waals surface area (Å²) in [6.45, 7) is 0.0932. The molecule has 0 amide bonds. The summed E-state index contributed by atoms with van der Waals surface area (Å²) in [5.74, 6) is 0.185. The third-order valence-electron chi connectivity index (χ3n) is 2.29. The van der Waals surface area contributed by atoms with Crippen LogP contribution in [0, 0.1) is 10.1 Å². The van der Waals surface area contributed by atoms with Crippen molar-refractivity contribution in [3.63, 3.8) is 0 Å². The quantitative estimate of drug-likeness (QED) is 0.355. The zero-order valence-electron chi connectivity index (χ0n) is 9.95. The number of thiophene rings is 1. The number of halogens is 1. The van der Waals surface area contributed by atoms with Crippen LogP contribution in [0.1, 0.15) is 5.56 Å². The predicted molar refractivity (Wildman–Crippen MR) is 75.9 cm³/mol. The van der Waals surface area contributed by atoms with Gasteiger partial charge >= 0.3 is 6.16 Å². The van der Waals surface area contributed by atoms with Crippen molar-refractivity contribution < 1.29 is 19.2 Å². The van der Waals surface area contributed by atoms with Crippen molar-refractivity contribution in [2.75, 3.05) is 0 Å². The number of rotatable bonds is 4. The first-order valence-electron chi connectivity index (χ1n) is 5.37. The van der Waals surface area contributed by atoms with Crippen molar-refractivity contribution in [2.45, 2.75) is 6.61 Å². The van der Waals surface area contributed by atoms with Crippen LogP contribution >= 0.6 is 27.3 Å². The molecule has 0 bridgehead atoms. The third kappa shape index (κ3) is 3.78. The molecule has 0 saturated heterocycles. The van der Waals surface area contributed by atoms with Crippen molar-refractivity contribution in [2.24, 2.45) is 0 Å². The maximum Gasteiger partial charge on any atom is 0.514 e. The Bertz CT molecular complexity index is 625. The average Bonchev–Trinajstić information content (AvgIpc) is 2.82. The highest BCUT2D eigenvalue weighted by molar-refractivity contribution is 9.11. The van der Waals surface area contributed by atoms with Gasteiger partial charge in [0, 0.05) is 17.7 Å². The highest BCUT2D eigenvalue weighted by atomic mass is 79.9. The maximum absolute atomic E-state index is 11.4. The van der Waals surface area contributed by atoms with Gasteiger partial charge in [0.1, 0.15) is 12.4 Å². The lowest BCUT2D eigenvalue weighted by atomic mass is 10.3. The fourth-order valence-electron chi connectivity index (χ4n) is 1.32. The van der Waals surface area contributed by atoms with E-state index in [4.69, 9.17) is 9.47 Å². The van der Waals surface area contributed by atoms with E-state index in [9.17, 15) is 14.9 Å². The van der Waals surface area contributed by atoms with Crippen LogP contribution in [0.4, 0.5) is 10.5 Å². The van der Waals surface area contributed by atoms with E-state index < -0.39 is 11.1 Å². The molecule has 1 aromatic heterocycles. The topological polar surface area (TPSA) is 78.7 Å². The molecule has 0 unspecified atom stereocenters. The van der Waals surface area contributed by atoms with Crippen molar-refractivity contribution in [1.29, 1.82) is 0 Å². The predicted octanol–water partition coefficient (Wildman–Crippen LogP) is 4.13. The zero-order chi connectivity index (χ0) is 14.5. The summed E-state index contributed by atoms with van der Waals surface area (Å²) >= 11 is 4.81. The number of hydrogen-bond donors (Lipinski definition) is 0. The first kappa shape index (κ1) is 14.5. The molecule has 104 valence electrons. The van der Waals surface area contributed by atoms with Gasteiger partial charge in [0.15, 0.2) is 0 Å². The number of hydrogen-bond acceptors (Lipinski definition) is 6. The Kier molecular flexibility index (Phi) is 4.70. The summed E-state index contributed by atoms with van der Waals surface area (Å²) in [4.78, 5) is 21.4. The first-order valence-corrected chi connectivity index (χ1v) is 7.04. The highest BCUT2D eigenvalue weighted by Gasteiger charge is 2.10. The third-order valence-corrected chi connectivity index (χ3v) is 4.10. The molecule has 2 aromatic rings. The highest BCUT2D eigenvalue weighted by Crippen LogP contribution is 2.24. The van der Waals surface area contributed by atoms with Crippen LogP contribution < -0.4 is 4.74 Å². The van der Waals surface area contributed by atoms with Gasteiger partial charge in [-0.3, -0.25) is 10.1 Å². The minimum atomic E-state index is -0.864. The summed E-state index contributed by atoms with van der Waals surface area (Å²) in [7, 11) is 0. The Hall–Kier alpha value is -1.93. The molecule has 2 rings (SSSR count). The van der Waals surface area contributed by atoms with Gasteiger partial charge in [-0.2, -0.15) is 0 Å². The standard InChI is InChI=1S/C12H8BrNO5S/c13-11-8(5-6-20-11)7-18-12(15)19-10-3-1-9(2-4-10)14(16)17/h1-6H,7H2. The number of ether oxygens (including phenoxy) is 2. The van der Waals surface area contributed by atoms with E-state index in [2.05, 4.69) is 15.9 Å². The molecule has 20 heavy (non-hydrogen) atoms. The fourth-order valence-corrected chi connectivity index (χ4v) is 2.52. The van der Waals surface area contributed by atoms with Gasteiger partial charge < -0.3 is 9.47 Å². The lowest BCUT2D eigenvalue weighted by molar-refractivity contribution is -0.384. The largest absolute Gasteiger partial charge is 0.514 e. The molecule has 0 spiro atoms. The van der Waals surface area contributed by atoms with E-state index >= 15 is 0 Å². The molecule has 8 heteroatoms. The minimum absolute atomic E-state index is 0.0760. The molecular weight excluding hydrogens is 350 g/mol. The van der Waals surface area contributed by atoms with Gasteiger partial charge in [-0.05, 0) is 39.5 Å². The molecule has 0 saturated carbocycles. The maximum atomic E-state index is 11.4. The Balaban J connectivity index is 1.88.